The Bertz CT molecular complexity index is 842. The molecule has 0 unspecified atom stereocenters. The molecule has 2 aromatic carbocycles. The number of anilines is 1. The van der Waals surface area contributed by atoms with Crippen molar-refractivity contribution in [1.29, 1.82) is 0 Å². The second-order valence-corrected chi connectivity index (χ2v) is 7.82. The number of rotatable bonds is 4. The first-order valence-electron chi connectivity index (χ1n) is 9.28. The van der Waals surface area contributed by atoms with Crippen LogP contribution in [0.5, 0.6) is 0 Å². The Labute approximate surface area is 158 Å². The molecule has 0 saturated carbocycles. The molecule has 1 fully saturated rings. The zero-order chi connectivity index (χ0) is 19.7. The topological polar surface area (TPSA) is 40.5 Å². The zero-order valence-electron chi connectivity index (χ0n) is 15.9. The summed E-state index contributed by atoms with van der Waals surface area (Å²) in [5, 5.41) is 9.25. The van der Waals surface area contributed by atoms with Crippen molar-refractivity contribution >= 4 is 11.7 Å². The highest BCUT2D eigenvalue weighted by Crippen LogP contribution is 2.33. The maximum absolute atomic E-state index is 14.1. The molecule has 3 rings (SSSR count). The van der Waals surface area contributed by atoms with E-state index in [1.807, 2.05) is 13.8 Å². The molecular weight excluding hydrogens is 348 g/mol. The Hall–Kier alpha value is -2.43. The molecule has 2 atom stereocenters. The normalized spacial score (nSPS) is 20.0. The minimum absolute atomic E-state index is 0.256. The van der Waals surface area contributed by atoms with E-state index >= 15 is 0 Å². The third-order valence-corrected chi connectivity index (χ3v) is 5.32. The summed E-state index contributed by atoms with van der Waals surface area (Å²) in [6.45, 7) is 7.70. The van der Waals surface area contributed by atoms with Crippen LogP contribution in [0.15, 0.2) is 30.3 Å². The molecule has 27 heavy (non-hydrogen) atoms. The molecule has 1 N–H and O–H groups in total. The second-order valence-electron chi connectivity index (χ2n) is 7.82. The summed E-state index contributed by atoms with van der Waals surface area (Å²) >= 11 is 0. The van der Waals surface area contributed by atoms with Crippen LogP contribution in [0.2, 0.25) is 0 Å². The average Bonchev–Trinajstić information content (AvgIpc) is 2.56. The van der Waals surface area contributed by atoms with Gasteiger partial charge in [0, 0.05) is 24.8 Å². The first-order valence-corrected chi connectivity index (χ1v) is 9.28. The van der Waals surface area contributed by atoms with Gasteiger partial charge in [-0.05, 0) is 73.4 Å². The van der Waals surface area contributed by atoms with Crippen LogP contribution < -0.4 is 4.90 Å². The molecule has 1 aliphatic heterocycles. The highest BCUT2D eigenvalue weighted by Gasteiger charge is 2.28. The van der Waals surface area contributed by atoms with Crippen molar-refractivity contribution in [2.24, 2.45) is 11.8 Å². The molecular formula is C22H25F2NO2. The smallest absolute Gasteiger partial charge is 0.335 e. The number of nitrogens with zero attached hydrogens (tertiary/aromatic N) is 1. The predicted molar refractivity (Wildman–Crippen MR) is 102 cm³/mol. The molecule has 0 radical (unpaired) electrons. The van der Waals surface area contributed by atoms with E-state index in [4.69, 9.17) is 0 Å². The van der Waals surface area contributed by atoms with Crippen molar-refractivity contribution in [1.82, 2.24) is 0 Å². The molecule has 5 heteroatoms. The van der Waals surface area contributed by atoms with Gasteiger partial charge in [0.1, 0.15) is 11.6 Å². The maximum Gasteiger partial charge on any atom is 0.335 e. The third kappa shape index (κ3) is 4.29. The molecule has 2 aromatic rings. The van der Waals surface area contributed by atoms with E-state index in [0.29, 0.717) is 23.5 Å². The maximum atomic E-state index is 14.1. The number of piperidine rings is 1. The van der Waals surface area contributed by atoms with Crippen LogP contribution >= 0.6 is 0 Å². The van der Waals surface area contributed by atoms with Gasteiger partial charge >= 0.3 is 5.97 Å². The van der Waals surface area contributed by atoms with Crippen LogP contribution in [0.1, 0.15) is 40.4 Å². The number of aryl methyl sites for hydroxylation is 2. The average molecular weight is 373 g/mol. The Morgan fingerprint density at radius 2 is 1.81 bits per heavy atom. The van der Waals surface area contributed by atoms with Crippen molar-refractivity contribution in [2.45, 2.75) is 33.6 Å². The molecule has 1 heterocycles. The number of carbonyl (C=O) groups is 1. The number of carboxylic acids is 1. The third-order valence-electron chi connectivity index (χ3n) is 5.32. The highest BCUT2D eigenvalue weighted by molar-refractivity contribution is 5.89. The summed E-state index contributed by atoms with van der Waals surface area (Å²) in [4.78, 5) is 13.6. The Kier molecular flexibility index (Phi) is 5.49. The van der Waals surface area contributed by atoms with E-state index < -0.39 is 17.6 Å². The van der Waals surface area contributed by atoms with Crippen molar-refractivity contribution in [2.75, 3.05) is 18.0 Å². The number of carboxylic acid groups (broad SMARTS) is 1. The number of halogens is 2. The lowest BCUT2D eigenvalue weighted by molar-refractivity contribution is 0.0696. The van der Waals surface area contributed by atoms with Crippen molar-refractivity contribution < 1.29 is 18.7 Å². The largest absolute Gasteiger partial charge is 0.478 e. The molecule has 1 saturated heterocycles. The van der Waals surface area contributed by atoms with Gasteiger partial charge in [0.25, 0.3) is 0 Å². The standard InChI is InChI=1S/C22H25F2NO2/c1-13-6-16(9-17-4-5-19(23)10-20(17)24)12-25(11-13)21-14(2)7-18(22(26)27)8-15(21)3/h4-5,7-8,10,13,16H,6,9,11-12H2,1-3H3,(H,26,27)/t13-,16-/m1/s1. The van der Waals surface area contributed by atoms with Crippen molar-refractivity contribution in [3.63, 3.8) is 0 Å². The van der Waals surface area contributed by atoms with E-state index in [9.17, 15) is 18.7 Å². The molecule has 3 nitrogen and oxygen atoms in total. The monoisotopic (exact) mass is 373 g/mol. The van der Waals surface area contributed by atoms with E-state index in [-0.39, 0.29) is 5.92 Å². The summed E-state index contributed by atoms with van der Waals surface area (Å²) in [5.41, 5.74) is 3.78. The second kappa shape index (κ2) is 7.67. The van der Waals surface area contributed by atoms with Crippen LogP contribution in [0.4, 0.5) is 14.5 Å². The number of aromatic carboxylic acids is 1. The minimum atomic E-state index is -0.926. The minimum Gasteiger partial charge on any atom is -0.478 e. The van der Waals surface area contributed by atoms with Gasteiger partial charge in [0.2, 0.25) is 0 Å². The molecule has 1 aliphatic rings. The Morgan fingerprint density at radius 1 is 1.15 bits per heavy atom. The van der Waals surface area contributed by atoms with Gasteiger partial charge in [-0.25, -0.2) is 13.6 Å². The van der Waals surface area contributed by atoms with Crippen LogP contribution in [0.25, 0.3) is 0 Å². The zero-order valence-corrected chi connectivity index (χ0v) is 15.9. The Morgan fingerprint density at radius 3 is 2.41 bits per heavy atom. The Balaban J connectivity index is 1.84. The quantitative estimate of drug-likeness (QED) is 0.821. The van der Waals surface area contributed by atoms with Gasteiger partial charge < -0.3 is 10.0 Å². The van der Waals surface area contributed by atoms with Crippen molar-refractivity contribution in [3.8, 4) is 0 Å². The lowest BCUT2D eigenvalue weighted by Gasteiger charge is -2.39. The fourth-order valence-corrected chi connectivity index (χ4v) is 4.39. The van der Waals surface area contributed by atoms with E-state index in [1.54, 1.807) is 12.1 Å². The van der Waals surface area contributed by atoms with Crippen LogP contribution in [0, 0.1) is 37.3 Å². The summed E-state index contributed by atoms with van der Waals surface area (Å²) in [7, 11) is 0. The van der Waals surface area contributed by atoms with Gasteiger partial charge in [-0.3, -0.25) is 0 Å². The van der Waals surface area contributed by atoms with E-state index in [2.05, 4.69) is 11.8 Å². The lowest BCUT2D eigenvalue weighted by atomic mass is 9.85. The number of hydrogen-bond donors (Lipinski definition) is 1. The SMILES string of the molecule is Cc1cc(C(=O)O)cc(C)c1N1C[C@H](C)C[C@H](Cc2ccc(F)cc2F)C1. The van der Waals surface area contributed by atoms with Gasteiger partial charge in [-0.15, -0.1) is 0 Å². The predicted octanol–water partition coefficient (Wildman–Crippen LogP) is 4.98. The highest BCUT2D eigenvalue weighted by atomic mass is 19.1. The fraction of sp³-hybridized carbons (Fsp3) is 0.409. The van der Waals surface area contributed by atoms with Gasteiger partial charge in [-0.1, -0.05) is 13.0 Å². The molecule has 0 spiro atoms. The van der Waals surface area contributed by atoms with Crippen LogP contribution in [-0.4, -0.2) is 24.2 Å². The van der Waals surface area contributed by atoms with Gasteiger partial charge in [-0.2, -0.15) is 0 Å². The van der Waals surface area contributed by atoms with E-state index in [0.717, 1.165) is 42.4 Å². The fourth-order valence-electron chi connectivity index (χ4n) is 4.39. The molecule has 0 aromatic heterocycles. The molecule has 0 aliphatic carbocycles. The summed E-state index contributed by atoms with van der Waals surface area (Å²) < 4.78 is 27.2. The molecule has 144 valence electrons. The van der Waals surface area contributed by atoms with Gasteiger partial charge in [0.05, 0.1) is 5.56 Å². The molecule has 0 bridgehead atoms. The van der Waals surface area contributed by atoms with E-state index in [1.165, 1.54) is 12.1 Å². The summed E-state index contributed by atoms with van der Waals surface area (Å²) in [6.07, 6.45) is 1.55. The van der Waals surface area contributed by atoms with Gasteiger partial charge in [0.15, 0.2) is 0 Å². The number of hydrogen-bond acceptors (Lipinski definition) is 2. The van der Waals surface area contributed by atoms with Crippen LogP contribution in [-0.2, 0) is 6.42 Å². The lowest BCUT2D eigenvalue weighted by Crippen LogP contribution is -2.41. The van der Waals surface area contributed by atoms with Crippen LogP contribution in [0.3, 0.4) is 0 Å². The van der Waals surface area contributed by atoms with Crippen molar-refractivity contribution in [3.05, 3.63) is 64.2 Å². The summed E-state index contributed by atoms with van der Waals surface area (Å²) in [5.74, 6) is -1.28. The summed E-state index contributed by atoms with van der Waals surface area (Å²) in [6, 6.07) is 7.20. The first kappa shape index (κ1) is 19.3. The number of benzene rings is 2. The first-order chi connectivity index (χ1) is 12.7. The molecule has 0 amide bonds.